The smallest absolute Gasteiger partial charge is 0.378 e. The number of thiazole rings is 1. The molecule has 9 nitrogen and oxygen atoms in total. The summed E-state index contributed by atoms with van der Waals surface area (Å²) in [5.41, 5.74) is 2.62. The first-order valence-electron chi connectivity index (χ1n) is 10.1. The number of anilines is 1. The first kappa shape index (κ1) is 20.4. The third kappa shape index (κ3) is 3.80. The summed E-state index contributed by atoms with van der Waals surface area (Å²) in [4.78, 5) is 22.3. The van der Waals surface area contributed by atoms with E-state index < -0.39 is 8.03 Å². The highest BCUT2D eigenvalue weighted by Gasteiger charge is 2.25. The van der Waals surface area contributed by atoms with Gasteiger partial charge in [0.25, 0.3) is 0 Å². The second kappa shape index (κ2) is 8.55. The molecule has 31 heavy (non-hydrogen) atoms. The second-order valence-electron chi connectivity index (χ2n) is 7.09. The average Bonchev–Trinajstić information content (AvgIpc) is 3.39. The molecular weight excluding hydrogens is 435 g/mol. The number of morpholine rings is 1. The van der Waals surface area contributed by atoms with Crippen LogP contribution in [-0.4, -0.2) is 57.9 Å². The van der Waals surface area contributed by atoms with E-state index >= 15 is 0 Å². The minimum atomic E-state index is -1.79. The van der Waals surface area contributed by atoms with E-state index in [4.69, 9.17) is 29.2 Å². The van der Waals surface area contributed by atoms with E-state index in [0.29, 0.717) is 19.2 Å². The molecule has 1 unspecified atom stereocenters. The maximum atomic E-state index is 11.9. The number of hydrogen-bond donors (Lipinski definition) is 0. The summed E-state index contributed by atoms with van der Waals surface area (Å²) in [5, 5.41) is 0.727. The quantitative estimate of drug-likeness (QED) is 0.405. The molecule has 1 saturated heterocycles. The fraction of sp³-hybridized carbons (Fsp3) is 0.400. The minimum absolute atomic E-state index is 0.263. The summed E-state index contributed by atoms with van der Waals surface area (Å²) in [6.45, 7) is 4.82. The molecule has 1 aliphatic rings. The predicted octanol–water partition coefficient (Wildman–Crippen LogP) is 3.71. The van der Waals surface area contributed by atoms with Gasteiger partial charge in [-0.2, -0.15) is 9.97 Å². The lowest BCUT2D eigenvalue weighted by molar-refractivity contribution is 0.122. The van der Waals surface area contributed by atoms with Gasteiger partial charge in [-0.05, 0) is 16.7 Å². The first-order valence-corrected chi connectivity index (χ1v) is 12.3. The number of fused-ring (bicyclic) bond motifs is 2. The number of benzene rings is 1. The van der Waals surface area contributed by atoms with Crippen molar-refractivity contribution in [2.75, 3.05) is 38.3 Å². The van der Waals surface area contributed by atoms with Gasteiger partial charge >= 0.3 is 8.03 Å². The number of hydrogen-bond acceptors (Lipinski definition) is 9. The highest BCUT2D eigenvalue weighted by atomic mass is 32.1. The highest BCUT2D eigenvalue weighted by Crippen LogP contribution is 2.35. The average molecular weight is 457 g/mol. The Hall–Kier alpha value is -2.52. The Morgan fingerprint density at radius 3 is 2.74 bits per heavy atom. The van der Waals surface area contributed by atoms with Crippen molar-refractivity contribution in [1.29, 1.82) is 0 Å². The van der Waals surface area contributed by atoms with Gasteiger partial charge in [0, 0.05) is 19.5 Å². The van der Waals surface area contributed by atoms with Crippen molar-refractivity contribution < 1.29 is 13.8 Å². The summed E-state index contributed by atoms with van der Waals surface area (Å²) in [5.74, 6) is 2.25. The monoisotopic (exact) mass is 457 g/mol. The van der Waals surface area contributed by atoms with Gasteiger partial charge in [0.2, 0.25) is 12.1 Å². The molecule has 0 N–H and O–H groups in total. The largest absolute Gasteiger partial charge is 0.515 e. The van der Waals surface area contributed by atoms with Crippen LogP contribution in [-0.2, 0) is 26.4 Å². The lowest BCUT2D eigenvalue weighted by Gasteiger charge is -2.28. The van der Waals surface area contributed by atoms with Gasteiger partial charge in [0.1, 0.15) is 16.3 Å². The Labute approximate surface area is 183 Å². The number of rotatable bonds is 6. The number of ether oxygens (including phenoxy) is 1. The summed E-state index contributed by atoms with van der Waals surface area (Å²) in [7, 11) is -0.346. The normalized spacial score (nSPS) is 15.2. The van der Waals surface area contributed by atoms with Crippen molar-refractivity contribution >= 4 is 46.6 Å². The summed E-state index contributed by atoms with van der Waals surface area (Å²) < 4.78 is 24.5. The molecule has 0 spiro atoms. The number of imidazole rings is 1. The van der Waals surface area contributed by atoms with Crippen LogP contribution in [0.4, 0.5) is 5.82 Å². The molecule has 1 aliphatic heterocycles. The van der Waals surface area contributed by atoms with E-state index in [1.165, 1.54) is 18.4 Å². The van der Waals surface area contributed by atoms with Crippen molar-refractivity contribution in [3.8, 4) is 5.95 Å². The zero-order valence-corrected chi connectivity index (χ0v) is 19.0. The van der Waals surface area contributed by atoms with Gasteiger partial charge in [-0.3, -0.25) is 4.57 Å². The third-order valence-corrected chi connectivity index (χ3v) is 7.33. The Kier molecular flexibility index (Phi) is 5.62. The molecule has 3 aromatic heterocycles. The molecule has 160 valence electrons. The van der Waals surface area contributed by atoms with E-state index in [0.717, 1.165) is 57.5 Å². The fourth-order valence-corrected chi connectivity index (χ4v) is 5.43. The molecular formula is C20H22N6O3PS+. The molecule has 0 amide bonds. The zero-order valence-electron chi connectivity index (χ0n) is 17.3. The third-order valence-electron chi connectivity index (χ3n) is 5.20. The molecule has 4 aromatic rings. The summed E-state index contributed by atoms with van der Waals surface area (Å²) in [6, 6.07) is 8.01. The van der Waals surface area contributed by atoms with Crippen LogP contribution in [0.2, 0.25) is 0 Å². The Morgan fingerprint density at radius 1 is 1.16 bits per heavy atom. The van der Waals surface area contributed by atoms with E-state index in [9.17, 15) is 4.57 Å². The number of aryl methyl sites for hydroxylation is 1. The Balaban J connectivity index is 1.71. The van der Waals surface area contributed by atoms with Crippen molar-refractivity contribution in [1.82, 2.24) is 24.5 Å². The van der Waals surface area contributed by atoms with Crippen LogP contribution >= 0.6 is 19.4 Å². The van der Waals surface area contributed by atoms with E-state index in [1.807, 2.05) is 28.8 Å². The molecule has 0 bridgehead atoms. The van der Waals surface area contributed by atoms with E-state index in [2.05, 4.69) is 11.8 Å². The fourth-order valence-electron chi connectivity index (χ4n) is 3.71. The molecule has 0 radical (unpaired) electrons. The minimum Gasteiger partial charge on any atom is -0.378 e. The lowest BCUT2D eigenvalue weighted by atomic mass is 10.3. The van der Waals surface area contributed by atoms with E-state index in [-0.39, 0.29) is 6.16 Å². The molecule has 0 aliphatic carbocycles. The van der Waals surface area contributed by atoms with Crippen LogP contribution in [0.3, 0.4) is 0 Å². The first-order chi connectivity index (χ1) is 15.2. The van der Waals surface area contributed by atoms with Crippen molar-refractivity contribution in [3.63, 3.8) is 0 Å². The Bertz CT molecular complexity index is 1270. The summed E-state index contributed by atoms with van der Waals surface area (Å²) >= 11 is 1.43. The molecule has 1 aromatic carbocycles. The number of nitrogens with zero attached hydrogens (tertiary/aromatic N) is 6. The molecule has 1 fully saturated rings. The maximum Gasteiger partial charge on any atom is 0.515 e. The van der Waals surface area contributed by atoms with Crippen LogP contribution < -0.4 is 4.90 Å². The van der Waals surface area contributed by atoms with Gasteiger partial charge in [-0.15, -0.1) is 4.52 Å². The van der Waals surface area contributed by atoms with Crippen molar-refractivity contribution in [2.45, 2.75) is 19.5 Å². The standard InChI is InChI=1S/C20H22N6O3PS/c1-3-15-21-13-6-4-5-7-14(13)26(15)20-23-18(25-8-10-29-11-9-25)17-19(24-20)31-16(22-17)12-30(27)28-2/h4-7H,3,8-12H2,1-2H3/q+1. The molecule has 11 heteroatoms. The van der Waals surface area contributed by atoms with Gasteiger partial charge < -0.3 is 9.64 Å². The van der Waals surface area contributed by atoms with Gasteiger partial charge in [0.15, 0.2) is 10.6 Å². The SMILES string of the molecule is CCc1nc2ccccc2n1-c1nc(N2CCOCC2)c2nc(C[P+](=O)OC)sc2n1. The van der Waals surface area contributed by atoms with Crippen LogP contribution in [0.1, 0.15) is 17.8 Å². The van der Waals surface area contributed by atoms with Crippen molar-refractivity contribution in [3.05, 3.63) is 35.1 Å². The molecule has 1 atom stereocenters. The van der Waals surface area contributed by atoms with Crippen LogP contribution in [0, 0.1) is 0 Å². The number of para-hydroxylation sites is 2. The molecule has 0 saturated carbocycles. The van der Waals surface area contributed by atoms with Crippen molar-refractivity contribution in [2.24, 2.45) is 0 Å². The van der Waals surface area contributed by atoms with E-state index in [1.54, 1.807) is 0 Å². The maximum absolute atomic E-state index is 11.9. The second-order valence-corrected chi connectivity index (χ2v) is 9.50. The summed E-state index contributed by atoms with van der Waals surface area (Å²) in [6.07, 6.45) is 1.02. The van der Waals surface area contributed by atoms with Crippen LogP contribution in [0.5, 0.6) is 0 Å². The van der Waals surface area contributed by atoms with Crippen LogP contribution in [0.25, 0.3) is 27.3 Å². The molecule has 4 heterocycles. The van der Waals surface area contributed by atoms with Gasteiger partial charge in [-0.1, -0.05) is 30.4 Å². The van der Waals surface area contributed by atoms with Crippen LogP contribution in [0.15, 0.2) is 24.3 Å². The topological polar surface area (TPSA) is 95.3 Å². The predicted molar refractivity (Wildman–Crippen MR) is 121 cm³/mol. The highest BCUT2D eigenvalue weighted by molar-refractivity contribution is 7.39. The Morgan fingerprint density at radius 2 is 1.97 bits per heavy atom. The van der Waals surface area contributed by atoms with Gasteiger partial charge in [-0.25, -0.2) is 9.97 Å². The van der Waals surface area contributed by atoms with Gasteiger partial charge in [0.05, 0.1) is 31.4 Å². The molecule has 5 rings (SSSR count). The number of aromatic nitrogens is 5. The zero-order chi connectivity index (χ0) is 21.4. The lowest BCUT2D eigenvalue weighted by Crippen LogP contribution is -2.37.